The highest BCUT2D eigenvalue weighted by Gasteiger charge is 2.14. The molecule has 0 spiro atoms. The number of nitrogens with zero attached hydrogens (tertiary/aromatic N) is 1. The highest BCUT2D eigenvalue weighted by Crippen LogP contribution is 2.33. The van der Waals surface area contributed by atoms with E-state index in [1.807, 2.05) is 34.0 Å². The smallest absolute Gasteiger partial charge is 0.258 e. The summed E-state index contributed by atoms with van der Waals surface area (Å²) >= 11 is 5.77. The third-order valence-corrected chi connectivity index (χ3v) is 4.92. The first kappa shape index (κ1) is 10.6. The summed E-state index contributed by atoms with van der Waals surface area (Å²) < 4.78 is 2.81. The number of rotatable bonds is 1. The average Bonchev–Trinajstić information content (AvgIpc) is 2.46. The topological polar surface area (TPSA) is 43.1 Å². The molecule has 0 aliphatic rings. The number of halogens is 2. The van der Waals surface area contributed by atoms with Gasteiger partial charge in [-0.15, -0.1) is 11.3 Å². The lowest BCUT2D eigenvalue weighted by Crippen LogP contribution is -1.90. The molecule has 2 aromatic rings. The zero-order valence-electron chi connectivity index (χ0n) is 6.66. The van der Waals surface area contributed by atoms with Gasteiger partial charge in [0.25, 0.3) is 5.69 Å². The van der Waals surface area contributed by atoms with Crippen molar-refractivity contribution >= 4 is 72.3 Å². The van der Waals surface area contributed by atoms with Crippen LogP contribution in [0.25, 0.3) is 10.1 Å². The van der Waals surface area contributed by atoms with Gasteiger partial charge >= 0.3 is 0 Å². The molecule has 2 rings (SSSR count). The molecule has 0 unspecified atom stereocenters. The second-order valence-electron chi connectivity index (χ2n) is 2.64. The molecule has 6 heteroatoms. The number of thiophene rings is 1. The van der Waals surface area contributed by atoms with Crippen molar-refractivity contribution < 1.29 is 4.92 Å². The predicted molar refractivity (Wildman–Crippen MR) is 73.9 cm³/mol. The molecular weight excluding hydrogens is 428 g/mol. The summed E-state index contributed by atoms with van der Waals surface area (Å²) in [4.78, 5) is 10.3. The normalized spacial score (nSPS) is 10.7. The molecular formula is C8H3I2NO2S. The molecule has 72 valence electrons. The maximum absolute atomic E-state index is 10.7. The van der Waals surface area contributed by atoms with E-state index in [0.29, 0.717) is 3.57 Å². The summed E-state index contributed by atoms with van der Waals surface area (Å²) in [5.41, 5.74) is 0.191. The van der Waals surface area contributed by atoms with Crippen molar-refractivity contribution in [2.24, 2.45) is 0 Å². The zero-order chi connectivity index (χ0) is 10.3. The monoisotopic (exact) mass is 431 g/mol. The van der Waals surface area contributed by atoms with Gasteiger partial charge in [-0.3, -0.25) is 10.1 Å². The van der Waals surface area contributed by atoms with Gasteiger partial charge in [0.05, 0.1) is 8.49 Å². The fourth-order valence-corrected chi connectivity index (χ4v) is 3.65. The molecule has 0 amide bonds. The number of nitro benzene ring substituents is 1. The van der Waals surface area contributed by atoms with E-state index in [9.17, 15) is 10.1 Å². The summed E-state index contributed by atoms with van der Waals surface area (Å²) in [6.45, 7) is 0. The van der Waals surface area contributed by atoms with Gasteiger partial charge in [-0.2, -0.15) is 0 Å². The van der Waals surface area contributed by atoms with E-state index < -0.39 is 0 Å². The molecule has 3 nitrogen and oxygen atoms in total. The van der Waals surface area contributed by atoms with E-state index in [0.717, 1.165) is 13.7 Å². The molecule has 0 saturated carbocycles. The van der Waals surface area contributed by atoms with Crippen LogP contribution in [0.1, 0.15) is 0 Å². The van der Waals surface area contributed by atoms with Crippen molar-refractivity contribution in [1.82, 2.24) is 0 Å². The summed E-state index contributed by atoms with van der Waals surface area (Å²) in [6.07, 6.45) is 0. The SMILES string of the molecule is O=[N+]([O-])c1cc2scc(I)c2cc1I. The fraction of sp³-hybridized carbons (Fsp3) is 0. The standard InChI is InChI=1S/C8H3I2NO2S/c9-5-1-4-6(10)3-14-8(4)2-7(5)11(12)13/h1-3H. The third kappa shape index (κ3) is 1.74. The first-order valence-corrected chi connectivity index (χ1v) is 6.64. The average molecular weight is 431 g/mol. The Kier molecular flexibility index (Phi) is 2.93. The quantitative estimate of drug-likeness (QED) is 0.389. The van der Waals surface area contributed by atoms with Crippen LogP contribution in [-0.4, -0.2) is 4.92 Å². The van der Waals surface area contributed by atoms with E-state index in [4.69, 9.17) is 0 Å². The molecule has 0 atom stereocenters. The predicted octanol–water partition coefficient (Wildman–Crippen LogP) is 4.02. The molecule has 0 aliphatic heterocycles. The lowest BCUT2D eigenvalue weighted by atomic mass is 10.2. The molecule has 0 fully saturated rings. The Bertz CT molecular complexity index is 523. The minimum Gasteiger partial charge on any atom is -0.258 e. The van der Waals surface area contributed by atoms with Gasteiger partial charge in [-0.1, -0.05) is 0 Å². The summed E-state index contributed by atoms with van der Waals surface area (Å²) in [6, 6.07) is 3.51. The summed E-state index contributed by atoms with van der Waals surface area (Å²) in [5.74, 6) is 0. The number of fused-ring (bicyclic) bond motifs is 1. The minimum absolute atomic E-state index is 0.191. The van der Waals surface area contributed by atoms with Crippen molar-refractivity contribution in [2.75, 3.05) is 0 Å². The van der Waals surface area contributed by atoms with Gasteiger partial charge in [-0.25, -0.2) is 0 Å². The van der Waals surface area contributed by atoms with E-state index in [1.165, 1.54) is 11.3 Å². The Morgan fingerprint density at radius 1 is 1.29 bits per heavy atom. The van der Waals surface area contributed by atoms with Crippen molar-refractivity contribution in [2.45, 2.75) is 0 Å². The second-order valence-corrected chi connectivity index (χ2v) is 5.88. The molecule has 14 heavy (non-hydrogen) atoms. The molecule has 0 bridgehead atoms. The van der Waals surface area contributed by atoms with Crippen LogP contribution in [-0.2, 0) is 0 Å². The molecule has 1 heterocycles. The van der Waals surface area contributed by atoms with Gasteiger partial charge in [0.15, 0.2) is 0 Å². The van der Waals surface area contributed by atoms with Crippen LogP contribution in [0.5, 0.6) is 0 Å². The van der Waals surface area contributed by atoms with Crippen LogP contribution in [0, 0.1) is 17.3 Å². The zero-order valence-corrected chi connectivity index (χ0v) is 11.8. The minimum atomic E-state index is -0.339. The Morgan fingerprint density at radius 3 is 2.64 bits per heavy atom. The van der Waals surface area contributed by atoms with E-state index in [1.54, 1.807) is 6.07 Å². The van der Waals surface area contributed by atoms with Crippen molar-refractivity contribution in [1.29, 1.82) is 0 Å². The Hall–Kier alpha value is 0.0400. The van der Waals surface area contributed by atoms with Crippen LogP contribution in [0.4, 0.5) is 5.69 Å². The lowest BCUT2D eigenvalue weighted by Gasteiger charge is -1.96. The van der Waals surface area contributed by atoms with E-state index in [-0.39, 0.29) is 10.6 Å². The molecule has 0 aliphatic carbocycles. The fourth-order valence-electron chi connectivity index (χ4n) is 1.15. The van der Waals surface area contributed by atoms with Gasteiger partial charge < -0.3 is 0 Å². The first-order valence-electron chi connectivity index (χ1n) is 3.60. The van der Waals surface area contributed by atoms with Crippen LogP contribution in [0.2, 0.25) is 0 Å². The Labute approximate surface area is 111 Å². The number of nitro groups is 1. The van der Waals surface area contributed by atoms with Crippen LogP contribution in [0.15, 0.2) is 17.5 Å². The number of hydrogen-bond acceptors (Lipinski definition) is 3. The molecule has 0 saturated heterocycles. The molecule has 0 N–H and O–H groups in total. The third-order valence-electron chi connectivity index (χ3n) is 1.79. The summed E-state index contributed by atoms with van der Waals surface area (Å²) in [7, 11) is 0. The van der Waals surface area contributed by atoms with E-state index in [2.05, 4.69) is 22.6 Å². The van der Waals surface area contributed by atoms with Crippen LogP contribution >= 0.6 is 56.5 Å². The molecule has 1 aromatic heterocycles. The second kappa shape index (κ2) is 3.89. The summed E-state index contributed by atoms with van der Waals surface area (Å²) in [5, 5.41) is 13.8. The van der Waals surface area contributed by atoms with Crippen LogP contribution in [0.3, 0.4) is 0 Å². The van der Waals surface area contributed by atoms with Gasteiger partial charge in [0.2, 0.25) is 0 Å². The Balaban J connectivity index is 2.79. The largest absolute Gasteiger partial charge is 0.284 e. The number of hydrogen-bond donors (Lipinski definition) is 0. The molecule has 0 radical (unpaired) electrons. The van der Waals surface area contributed by atoms with E-state index >= 15 is 0 Å². The van der Waals surface area contributed by atoms with Crippen molar-refractivity contribution in [3.63, 3.8) is 0 Å². The van der Waals surface area contributed by atoms with Crippen LogP contribution < -0.4 is 0 Å². The maximum Gasteiger partial charge on any atom is 0.284 e. The van der Waals surface area contributed by atoms with Gasteiger partial charge in [0.1, 0.15) is 0 Å². The van der Waals surface area contributed by atoms with Crippen molar-refractivity contribution in [3.05, 3.63) is 34.8 Å². The Morgan fingerprint density at radius 2 is 2.00 bits per heavy atom. The van der Waals surface area contributed by atoms with Gasteiger partial charge in [-0.05, 0) is 51.2 Å². The van der Waals surface area contributed by atoms with Crippen molar-refractivity contribution in [3.8, 4) is 0 Å². The maximum atomic E-state index is 10.7. The number of benzene rings is 1. The highest BCUT2D eigenvalue weighted by atomic mass is 127. The molecule has 1 aromatic carbocycles. The highest BCUT2D eigenvalue weighted by molar-refractivity contribution is 14.1. The first-order chi connectivity index (χ1) is 6.59. The van der Waals surface area contributed by atoms with Gasteiger partial charge in [0, 0.05) is 25.1 Å². The lowest BCUT2D eigenvalue weighted by molar-refractivity contribution is -0.385.